The summed E-state index contributed by atoms with van der Waals surface area (Å²) in [4.78, 5) is 12.5. The van der Waals surface area contributed by atoms with Gasteiger partial charge in [-0.3, -0.25) is 10.1 Å². The average Bonchev–Trinajstić information content (AvgIpc) is 3.33. The van der Waals surface area contributed by atoms with E-state index in [2.05, 4.69) is 15.5 Å². The van der Waals surface area contributed by atoms with E-state index in [1.807, 2.05) is 25.1 Å². The number of anilines is 1. The van der Waals surface area contributed by atoms with Gasteiger partial charge in [0.1, 0.15) is 29.9 Å². The second-order valence-corrected chi connectivity index (χ2v) is 8.33. The Morgan fingerprint density at radius 3 is 2.49 bits per heavy atom. The summed E-state index contributed by atoms with van der Waals surface area (Å²) >= 11 is 7.67. The number of rotatable bonds is 11. The molecule has 1 N–H and O–H groups in total. The average molecular weight is 515 g/mol. The van der Waals surface area contributed by atoms with Crippen LogP contribution in [0.4, 0.5) is 5.13 Å². The SMILES string of the molecule is CCc1nnc(NC(=O)/C(C#N)=C\c2cc(Cl)c(OCCOc3ccccc3OC)c(OC)c2)s1. The maximum Gasteiger partial charge on any atom is 0.268 e. The molecule has 9 nitrogen and oxygen atoms in total. The standard InChI is InChI=1S/C24H23ClN4O5S/c1-4-21-28-29-24(35-21)27-23(30)16(14-26)11-15-12-17(25)22(20(13-15)32-3)34-10-9-33-19-8-6-5-7-18(19)31-2/h5-8,11-13H,4,9-10H2,1-3H3,(H,27,29,30)/b16-11-. The molecule has 0 fully saturated rings. The lowest BCUT2D eigenvalue weighted by molar-refractivity contribution is -0.112. The van der Waals surface area contributed by atoms with Crippen LogP contribution in [0, 0.1) is 11.3 Å². The minimum atomic E-state index is -0.602. The van der Waals surface area contributed by atoms with Crippen molar-refractivity contribution >= 4 is 40.1 Å². The number of aryl methyl sites for hydroxylation is 1. The van der Waals surface area contributed by atoms with Crippen molar-refractivity contribution in [2.45, 2.75) is 13.3 Å². The van der Waals surface area contributed by atoms with E-state index in [1.165, 1.54) is 24.5 Å². The second-order valence-electron chi connectivity index (χ2n) is 6.86. The number of hydrogen-bond donors (Lipinski definition) is 1. The highest BCUT2D eigenvalue weighted by atomic mass is 35.5. The monoisotopic (exact) mass is 514 g/mol. The number of para-hydroxylation sites is 2. The fraction of sp³-hybridized carbons (Fsp3) is 0.250. The molecule has 0 aliphatic rings. The Morgan fingerprint density at radius 2 is 1.83 bits per heavy atom. The molecular formula is C24H23ClN4O5S. The van der Waals surface area contributed by atoms with Crippen LogP contribution in [0.25, 0.3) is 6.08 Å². The third-order valence-corrected chi connectivity index (χ3v) is 5.84. The highest BCUT2D eigenvalue weighted by molar-refractivity contribution is 7.15. The Bertz CT molecular complexity index is 1250. The number of carbonyl (C=O) groups is 1. The van der Waals surface area contributed by atoms with Gasteiger partial charge in [0.25, 0.3) is 5.91 Å². The third kappa shape index (κ3) is 6.85. The first kappa shape index (κ1) is 25.8. The molecule has 35 heavy (non-hydrogen) atoms. The molecule has 0 atom stereocenters. The lowest BCUT2D eigenvalue weighted by Crippen LogP contribution is -2.13. The number of amides is 1. The number of ether oxygens (including phenoxy) is 4. The molecule has 0 saturated heterocycles. The summed E-state index contributed by atoms with van der Waals surface area (Å²) < 4.78 is 22.1. The zero-order chi connectivity index (χ0) is 25.2. The molecule has 0 unspecified atom stereocenters. The number of nitrogens with one attached hydrogen (secondary N) is 1. The maximum absolute atomic E-state index is 12.5. The van der Waals surface area contributed by atoms with Gasteiger partial charge in [0, 0.05) is 0 Å². The van der Waals surface area contributed by atoms with E-state index in [0.29, 0.717) is 40.1 Å². The van der Waals surface area contributed by atoms with Gasteiger partial charge in [-0.15, -0.1) is 10.2 Å². The van der Waals surface area contributed by atoms with Gasteiger partial charge in [-0.2, -0.15) is 5.26 Å². The summed E-state index contributed by atoms with van der Waals surface area (Å²) in [7, 11) is 3.04. The Morgan fingerprint density at radius 1 is 1.11 bits per heavy atom. The molecule has 0 aliphatic heterocycles. The van der Waals surface area contributed by atoms with E-state index in [-0.39, 0.29) is 23.8 Å². The van der Waals surface area contributed by atoms with E-state index >= 15 is 0 Å². The summed E-state index contributed by atoms with van der Waals surface area (Å²) in [5.74, 6) is 1.27. The van der Waals surface area contributed by atoms with E-state index in [4.69, 9.17) is 30.5 Å². The Labute approximate surface area is 211 Å². The molecule has 1 amide bonds. The highest BCUT2D eigenvalue weighted by Gasteiger charge is 2.16. The normalized spacial score (nSPS) is 10.9. The zero-order valence-electron chi connectivity index (χ0n) is 19.3. The summed E-state index contributed by atoms with van der Waals surface area (Å²) in [5.41, 5.74) is 0.359. The number of carbonyl (C=O) groups excluding carboxylic acids is 1. The van der Waals surface area contributed by atoms with E-state index in [0.717, 1.165) is 5.01 Å². The molecule has 3 aromatic rings. The first-order valence-corrected chi connectivity index (χ1v) is 11.7. The van der Waals surface area contributed by atoms with E-state index in [1.54, 1.807) is 31.4 Å². The quantitative estimate of drug-likeness (QED) is 0.221. The number of hydrogen-bond acceptors (Lipinski definition) is 9. The molecule has 182 valence electrons. The lowest BCUT2D eigenvalue weighted by atomic mass is 10.1. The van der Waals surface area contributed by atoms with Crippen molar-refractivity contribution < 1.29 is 23.7 Å². The summed E-state index contributed by atoms with van der Waals surface area (Å²) in [6.45, 7) is 2.37. The van der Waals surface area contributed by atoms with Gasteiger partial charge in [0.2, 0.25) is 5.13 Å². The first-order valence-electron chi connectivity index (χ1n) is 10.5. The topological polar surface area (TPSA) is 116 Å². The fourth-order valence-electron chi connectivity index (χ4n) is 2.92. The van der Waals surface area contributed by atoms with Crippen LogP contribution in [0.3, 0.4) is 0 Å². The fourth-order valence-corrected chi connectivity index (χ4v) is 3.87. The molecule has 0 aliphatic carbocycles. The zero-order valence-corrected chi connectivity index (χ0v) is 20.9. The number of benzene rings is 2. The summed E-state index contributed by atoms with van der Waals surface area (Å²) in [6, 6.07) is 12.4. The molecule has 1 aromatic heterocycles. The summed E-state index contributed by atoms with van der Waals surface area (Å²) in [5, 5.41) is 21.3. The maximum atomic E-state index is 12.5. The van der Waals surface area contributed by atoms with Crippen LogP contribution in [-0.4, -0.2) is 43.5 Å². The van der Waals surface area contributed by atoms with Gasteiger partial charge in [-0.1, -0.05) is 42.0 Å². The number of nitriles is 1. The van der Waals surface area contributed by atoms with Crippen molar-refractivity contribution in [1.82, 2.24) is 10.2 Å². The third-order valence-electron chi connectivity index (χ3n) is 4.57. The van der Waals surface area contributed by atoms with Crippen LogP contribution >= 0.6 is 22.9 Å². The minimum absolute atomic E-state index is 0.129. The minimum Gasteiger partial charge on any atom is -0.493 e. The highest BCUT2D eigenvalue weighted by Crippen LogP contribution is 2.37. The van der Waals surface area contributed by atoms with Crippen molar-refractivity contribution in [3.05, 3.63) is 57.6 Å². The molecule has 0 bridgehead atoms. The van der Waals surface area contributed by atoms with Gasteiger partial charge in [0.05, 0.1) is 19.2 Å². The van der Waals surface area contributed by atoms with Crippen LogP contribution in [0.15, 0.2) is 42.0 Å². The second kappa shape index (κ2) is 12.6. The van der Waals surface area contributed by atoms with Crippen LogP contribution < -0.4 is 24.3 Å². The van der Waals surface area contributed by atoms with E-state index in [9.17, 15) is 10.1 Å². The van der Waals surface area contributed by atoms with Crippen molar-refractivity contribution in [3.63, 3.8) is 0 Å². The van der Waals surface area contributed by atoms with Crippen LogP contribution in [0.1, 0.15) is 17.5 Å². The summed E-state index contributed by atoms with van der Waals surface area (Å²) in [6.07, 6.45) is 2.11. The van der Waals surface area contributed by atoms with Crippen molar-refractivity contribution in [1.29, 1.82) is 5.26 Å². The smallest absolute Gasteiger partial charge is 0.268 e. The van der Waals surface area contributed by atoms with Crippen LogP contribution in [0.2, 0.25) is 5.02 Å². The number of methoxy groups -OCH3 is 2. The van der Waals surface area contributed by atoms with Gasteiger partial charge in [-0.05, 0) is 42.3 Å². The van der Waals surface area contributed by atoms with Gasteiger partial charge in [0.15, 0.2) is 23.0 Å². The first-order chi connectivity index (χ1) is 17.0. The largest absolute Gasteiger partial charge is 0.493 e. The Hall–Kier alpha value is -3.81. The Kier molecular flexibility index (Phi) is 9.29. The van der Waals surface area contributed by atoms with Gasteiger partial charge >= 0.3 is 0 Å². The molecule has 1 heterocycles. The molecule has 0 spiro atoms. The molecular weight excluding hydrogens is 492 g/mol. The number of halogens is 1. The molecule has 11 heteroatoms. The Balaban J connectivity index is 1.69. The predicted octanol–water partition coefficient (Wildman–Crippen LogP) is 4.77. The molecule has 0 radical (unpaired) electrons. The molecule has 2 aromatic carbocycles. The number of nitrogens with zero attached hydrogens (tertiary/aromatic N) is 3. The lowest BCUT2D eigenvalue weighted by Gasteiger charge is -2.14. The van der Waals surface area contributed by atoms with Crippen molar-refractivity contribution in [3.8, 4) is 29.1 Å². The van der Waals surface area contributed by atoms with Gasteiger partial charge < -0.3 is 18.9 Å². The van der Waals surface area contributed by atoms with Crippen LogP contribution in [-0.2, 0) is 11.2 Å². The van der Waals surface area contributed by atoms with E-state index < -0.39 is 5.91 Å². The molecule has 3 rings (SSSR count). The predicted molar refractivity (Wildman–Crippen MR) is 133 cm³/mol. The van der Waals surface area contributed by atoms with Crippen LogP contribution in [0.5, 0.6) is 23.0 Å². The number of aromatic nitrogens is 2. The van der Waals surface area contributed by atoms with Crippen molar-refractivity contribution in [2.24, 2.45) is 0 Å². The van der Waals surface area contributed by atoms with Gasteiger partial charge in [-0.25, -0.2) is 0 Å². The van der Waals surface area contributed by atoms with Crippen molar-refractivity contribution in [2.75, 3.05) is 32.8 Å². The molecule has 0 saturated carbocycles.